The number of hydrogen-bond donors (Lipinski definition) is 1. The van der Waals surface area contributed by atoms with Crippen molar-refractivity contribution in [1.82, 2.24) is 14.5 Å². The predicted molar refractivity (Wildman–Crippen MR) is 139 cm³/mol. The monoisotopic (exact) mass is 486 g/mol. The summed E-state index contributed by atoms with van der Waals surface area (Å²) in [6.07, 6.45) is 0.833. The Morgan fingerprint density at radius 3 is 2.61 bits per heavy atom. The molecule has 1 amide bonds. The lowest BCUT2D eigenvalue weighted by molar-refractivity contribution is -0.113. The topological polar surface area (TPSA) is 67.2 Å². The molecule has 176 valence electrons. The minimum atomic E-state index is -0.189. The molecule has 0 spiro atoms. The van der Waals surface area contributed by atoms with Gasteiger partial charge in [0.1, 0.15) is 0 Å². The zero-order chi connectivity index (χ0) is 24.0. The summed E-state index contributed by atoms with van der Waals surface area (Å²) in [5.41, 5.74) is 3.15. The average molecular weight is 487 g/mol. The number of hydrogen-bond acceptors (Lipinski definition) is 5. The fraction of sp³-hybridized carbons (Fsp3) is 0.400. The maximum Gasteiger partial charge on any atom is 0.262 e. The van der Waals surface area contributed by atoms with Gasteiger partial charge in [0.2, 0.25) is 5.91 Å². The Balaban J connectivity index is 1.79. The van der Waals surface area contributed by atoms with Crippen LogP contribution >= 0.6 is 23.4 Å². The van der Waals surface area contributed by atoms with E-state index in [4.69, 9.17) is 16.6 Å². The molecule has 0 bridgehead atoms. The molecule has 3 rings (SSSR count). The number of nitrogens with zero attached hydrogens (tertiary/aromatic N) is 3. The molecule has 0 aliphatic carbocycles. The van der Waals surface area contributed by atoms with Gasteiger partial charge >= 0.3 is 0 Å². The van der Waals surface area contributed by atoms with E-state index in [0.29, 0.717) is 33.3 Å². The third-order valence-corrected chi connectivity index (χ3v) is 6.88. The predicted octanol–water partition coefficient (Wildman–Crippen LogP) is 5.13. The first-order valence-corrected chi connectivity index (χ1v) is 12.6. The minimum absolute atomic E-state index is 0.0690. The molecule has 0 unspecified atom stereocenters. The summed E-state index contributed by atoms with van der Waals surface area (Å²) in [7, 11) is 0. The summed E-state index contributed by atoms with van der Waals surface area (Å²) >= 11 is 7.60. The molecular weight excluding hydrogens is 456 g/mol. The van der Waals surface area contributed by atoms with E-state index in [0.717, 1.165) is 37.2 Å². The van der Waals surface area contributed by atoms with Crippen molar-refractivity contribution in [2.24, 2.45) is 0 Å². The number of aryl methyl sites for hydroxylation is 2. The molecule has 0 radical (unpaired) electrons. The van der Waals surface area contributed by atoms with Crippen molar-refractivity contribution in [3.63, 3.8) is 0 Å². The lowest BCUT2D eigenvalue weighted by Crippen LogP contribution is -2.28. The maximum absolute atomic E-state index is 13.2. The third kappa shape index (κ3) is 6.37. The number of carbonyl (C=O) groups excluding carboxylic acids is 1. The van der Waals surface area contributed by atoms with Gasteiger partial charge in [0.25, 0.3) is 5.56 Å². The highest BCUT2D eigenvalue weighted by molar-refractivity contribution is 7.99. The fourth-order valence-corrected chi connectivity index (χ4v) is 5.02. The van der Waals surface area contributed by atoms with Gasteiger partial charge in [-0.25, -0.2) is 4.98 Å². The van der Waals surface area contributed by atoms with E-state index in [9.17, 15) is 9.59 Å². The lowest BCUT2D eigenvalue weighted by atomic mass is 10.1. The number of benzene rings is 2. The second-order valence-corrected chi connectivity index (χ2v) is 9.37. The Kier molecular flexibility index (Phi) is 8.95. The summed E-state index contributed by atoms with van der Waals surface area (Å²) in [5, 5.41) is 4.57. The summed E-state index contributed by atoms with van der Waals surface area (Å²) in [5.74, 6) is -0.0595. The molecule has 0 fully saturated rings. The molecule has 1 aromatic heterocycles. The lowest BCUT2D eigenvalue weighted by Gasteiger charge is -2.19. The Hall–Kier alpha value is -2.35. The van der Waals surface area contributed by atoms with Gasteiger partial charge in [-0.2, -0.15) is 0 Å². The largest absolute Gasteiger partial charge is 0.324 e. The highest BCUT2D eigenvalue weighted by Gasteiger charge is 2.15. The number of fused-ring (bicyclic) bond motifs is 1. The Morgan fingerprint density at radius 1 is 1.18 bits per heavy atom. The van der Waals surface area contributed by atoms with Gasteiger partial charge in [-0.05, 0) is 69.2 Å². The average Bonchev–Trinajstić information content (AvgIpc) is 2.79. The minimum Gasteiger partial charge on any atom is -0.324 e. The van der Waals surface area contributed by atoms with Crippen molar-refractivity contribution in [1.29, 1.82) is 0 Å². The molecule has 0 atom stereocenters. The smallest absolute Gasteiger partial charge is 0.262 e. The summed E-state index contributed by atoms with van der Waals surface area (Å²) in [4.78, 5) is 32.9. The number of nitrogens with one attached hydrogen (secondary N) is 1. The maximum atomic E-state index is 13.2. The number of amides is 1. The fourth-order valence-electron chi connectivity index (χ4n) is 3.83. The van der Waals surface area contributed by atoms with Crippen LogP contribution in [0.25, 0.3) is 10.9 Å². The van der Waals surface area contributed by atoms with Gasteiger partial charge in [0, 0.05) is 6.54 Å². The van der Waals surface area contributed by atoms with Crippen LogP contribution in [0.2, 0.25) is 5.02 Å². The van der Waals surface area contributed by atoms with E-state index >= 15 is 0 Å². The summed E-state index contributed by atoms with van der Waals surface area (Å²) in [6.45, 7) is 11.6. The van der Waals surface area contributed by atoms with Crippen LogP contribution in [0.3, 0.4) is 0 Å². The quantitative estimate of drug-likeness (QED) is 0.318. The molecule has 0 saturated heterocycles. The van der Waals surface area contributed by atoms with Gasteiger partial charge in [-0.1, -0.05) is 55.4 Å². The van der Waals surface area contributed by atoms with Crippen LogP contribution in [-0.4, -0.2) is 45.7 Å². The van der Waals surface area contributed by atoms with Gasteiger partial charge in [-0.3, -0.25) is 14.2 Å². The zero-order valence-corrected chi connectivity index (χ0v) is 21.2. The number of para-hydroxylation sites is 1. The van der Waals surface area contributed by atoms with Crippen molar-refractivity contribution < 1.29 is 4.79 Å². The van der Waals surface area contributed by atoms with Crippen molar-refractivity contribution in [2.45, 2.75) is 45.8 Å². The van der Waals surface area contributed by atoms with E-state index in [1.165, 1.54) is 11.8 Å². The molecule has 1 heterocycles. The summed E-state index contributed by atoms with van der Waals surface area (Å²) in [6, 6.07) is 11.1. The molecule has 0 aliphatic rings. The number of rotatable bonds is 10. The van der Waals surface area contributed by atoms with Gasteiger partial charge in [0.15, 0.2) is 5.16 Å². The number of carbonyl (C=O) groups is 1. The Bertz CT molecular complexity index is 1170. The van der Waals surface area contributed by atoms with Crippen molar-refractivity contribution in [3.8, 4) is 0 Å². The molecule has 1 N–H and O–H groups in total. The molecule has 6 nitrogen and oxygen atoms in total. The highest BCUT2D eigenvalue weighted by Crippen LogP contribution is 2.28. The zero-order valence-electron chi connectivity index (χ0n) is 19.7. The van der Waals surface area contributed by atoms with E-state index in [-0.39, 0.29) is 17.2 Å². The van der Waals surface area contributed by atoms with Crippen LogP contribution < -0.4 is 10.9 Å². The van der Waals surface area contributed by atoms with Gasteiger partial charge in [-0.15, -0.1) is 0 Å². The van der Waals surface area contributed by atoms with Crippen molar-refractivity contribution in [3.05, 3.63) is 62.9 Å². The molecule has 2 aromatic carbocycles. The second-order valence-electron chi connectivity index (χ2n) is 8.02. The Labute approximate surface area is 204 Å². The van der Waals surface area contributed by atoms with Crippen LogP contribution in [0.5, 0.6) is 0 Å². The number of aromatic nitrogens is 2. The van der Waals surface area contributed by atoms with Crippen LogP contribution in [0.1, 0.15) is 31.4 Å². The Morgan fingerprint density at radius 2 is 1.91 bits per heavy atom. The van der Waals surface area contributed by atoms with Crippen LogP contribution in [0.4, 0.5) is 5.69 Å². The normalized spacial score (nSPS) is 11.3. The molecule has 33 heavy (non-hydrogen) atoms. The standard InChI is InChI=1S/C25H31ClN4O2S/c1-5-29(6-2)12-9-13-30-24(32)19-10-7-8-11-21(19)27-25(30)33-16-22(31)28-23-18(4)14-17(3)15-20(23)26/h7-8,10-11,14-15H,5-6,9,12-13,16H2,1-4H3,(H,28,31). The SMILES string of the molecule is CCN(CC)CCCn1c(SCC(=O)Nc2c(C)cc(C)cc2Cl)nc2ccccc2c1=O. The summed E-state index contributed by atoms with van der Waals surface area (Å²) < 4.78 is 1.70. The van der Waals surface area contributed by atoms with E-state index in [1.54, 1.807) is 10.6 Å². The van der Waals surface area contributed by atoms with Crippen LogP contribution in [-0.2, 0) is 11.3 Å². The van der Waals surface area contributed by atoms with E-state index < -0.39 is 0 Å². The van der Waals surface area contributed by atoms with E-state index in [1.807, 2.05) is 44.2 Å². The van der Waals surface area contributed by atoms with E-state index in [2.05, 4.69) is 24.1 Å². The number of anilines is 1. The number of thioether (sulfide) groups is 1. The number of halogens is 1. The van der Waals surface area contributed by atoms with Crippen molar-refractivity contribution in [2.75, 3.05) is 30.7 Å². The van der Waals surface area contributed by atoms with Crippen molar-refractivity contribution >= 4 is 45.9 Å². The van der Waals surface area contributed by atoms with Crippen LogP contribution in [0, 0.1) is 13.8 Å². The molecule has 0 aliphatic heterocycles. The third-order valence-electron chi connectivity index (χ3n) is 5.61. The van der Waals surface area contributed by atoms with Gasteiger partial charge < -0.3 is 10.2 Å². The molecule has 8 heteroatoms. The second kappa shape index (κ2) is 11.7. The molecule has 0 saturated carbocycles. The highest BCUT2D eigenvalue weighted by atomic mass is 35.5. The first kappa shape index (κ1) is 25.3. The first-order valence-electron chi connectivity index (χ1n) is 11.2. The molecular formula is C25H31ClN4O2S. The van der Waals surface area contributed by atoms with Gasteiger partial charge in [0.05, 0.1) is 27.4 Å². The first-order chi connectivity index (χ1) is 15.8. The molecule has 3 aromatic rings. The van der Waals surface area contributed by atoms with Crippen LogP contribution in [0.15, 0.2) is 46.3 Å².